The fourth-order valence-corrected chi connectivity index (χ4v) is 5.17. The lowest BCUT2D eigenvalue weighted by atomic mass is 9.84. The standard InChI is InChI=1S/C24H27N3O.C6H4F2/c1-16-9-10-19-14-21(17-6-3-2-4-7-17)24(28)27(23(19)26-16)15-22-20(18-11-12-18)8-5-13-25-22;7-5-2-1-3-6(8)4-5/h5,8-10,13-14,17-18H,2-4,6-7,11-12,15H2,1H3;1-4H. The first-order valence-electron chi connectivity index (χ1n) is 12.9. The summed E-state index contributed by atoms with van der Waals surface area (Å²) >= 11 is 0. The topological polar surface area (TPSA) is 47.8 Å². The molecule has 0 aliphatic heterocycles. The van der Waals surface area contributed by atoms with Gasteiger partial charge < -0.3 is 0 Å². The molecule has 0 N–H and O–H groups in total. The van der Waals surface area contributed by atoms with Gasteiger partial charge in [-0.15, -0.1) is 0 Å². The number of rotatable bonds is 4. The van der Waals surface area contributed by atoms with E-state index in [4.69, 9.17) is 4.98 Å². The van der Waals surface area contributed by atoms with Crippen molar-refractivity contribution in [3.8, 4) is 0 Å². The van der Waals surface area contributed by atoms with Crippen molar-refractivity contribution in [1.29, 1.82) is 0 Å². The van der Waals surface area contributed by atoms with E-state index >= 15 is 0 Å². The Morgan fingerprint density at radius 2 is 1.58 bits per heavy atom. The van der Waals surface area contributed by atoms with Crippen LogP contribution in [0.3, 0.4) is 0 Å². The Morgan fingerprint density at radius 1 is 0.861 bits per heavy atom. The van der Waals surface area contributed by atoms with Crippen LogP contribution in [0.25, 0.3) is 11.0 Å². The first-order valence-corrected chi connectivity index (χ1v) is 12.9. The molecule has 186 valence electrons. The van der Waals surface area contributed by atoms with Crippen molar-refractivity contribution >= 4 is 11.0 Å². The van der Waals surface area contributed by atoms with Gasteiger partial charge in [0.15, 0.2) is 0 Å². The Kier molecular flexibility index (Phi) is 7.21. The van der Waals surface area contributed by atoms with Gasteiger partial charge in [0, 0.05) is 28.9 Å². The van der Waals surface area contributed by atoms with E-state index in [1.165, 1.54) is 55.9 Å². The highest BCUT2D eigenvalue weighted by Gasteiger charge is 2.27. The van der Waals surface area contributed by atoms with Crippen LogP contribution in [0.5, 0.6) is 0 Å². The summed E-state index contributed by atoms with van der Waals surface area (Å²) in [5.41, 5.74) is 5.16. The summed E-state index contributed by atoms with van der Waals surface area (Å²) in [5, 5.41) is 1.06. The lowest BCUT2D eigenvalue weighted by Gasteiger charge is -2.23. The fourth-order valence-electron chi connectivity index (χ4n) is 5.17. The molecule has 2 fully saturated rings. The summed E-state index contributed by atoms with van der Waals surface area (Å²) in [5.74, 6) is -0.0817. The molecule has 0 spiro atoms. The molecule has 6 rings (SSSR count). The molecule has 4 aromatic rings. The third-order valence-electron chi connectivity index (χ3n) is 7.19. The number of nitrogens with zero attached hydrogens (tertiary/aromatic N) is 3. The maximum Gasteiger partial charge on any atom is 0.256 e. The third kappa shape index (κ3) is 5.53. The van der Waals surface area contributed by atoms with Gasteiger partial charge in [0.25, 0.3) is 5.56 Å². The van der Waals surface area contributed by atoms with Crippen LogP contribution in [-0.4, -0.2) is 14.5 Å². The maximum atomic E-state index is 13.6. The number of halogens is 2. The van der Waals surface area contributed by atoms with Crippen LogP contribution < -0.4 is 5.56 Å². The lowest BCUT2D eigenvalue weighted by Crippen LogP contribution is -2.28. The van der Waals surface area contributed by atoms with Crippen molar-refractivity contribution in [3.05, 3.63) is 105 Å². The van der Waals surface area contributed by atoms with Crippen LogP contribution in [0, 0.1) is 18.6 Å². The van der Waals surface area contributed by atoms with E-state index in [-0.39, 0.29) is 5.56 Å². The zero-order chi connectivity index (χ0) is 25.1. The minimum Gasteiger partial charge on any atom is -0.286 e. The Morgan fingerprint density at radius 3 is 2.25 bits per heavy atom. The molecule has 2 aliphatic rings. The minimum atomic E-state index is -0.537. The van der Waals surface area contributed by atoms with Gasteiger partial charge in [-0.3, -0.25) is 14.3 Å². The molecular formula is C30H31F2N3O. The second kappa shape index (κ2) is 10.7. The van der Waals surface area contributed by atoms with Crippen molar-refractivity contribution in [3.63, 3.8) is 0 Å². The van der Waals surface area contributed by atoms with Crippen molar-refractivity contribution < 1.29 is 8.78 Å². The fraction of sp³-hybridized carbons (Fsp3) is 0.367. The van der Waals surface area contributed by atoms with Crippen molar-refractivity contribution in [2.24, 2.45) is 0 Å². The Balaban J connectivity index is 0.000000286. The molecule has 0 bridgehead atoms. The molecular weight excluding hydrogens is 456 g/mol. The summed E-state index contributed by atoms with van der Waals surface area (Å²) in [6, 6.07) is 15.0. The van der Waals surface area contributed by atoms with E-state index in [1.807, 2.05) is 29.8 Å². The molecule has 4 nitrogen and oxygen atoms in total. The molecule has 2 aliphatic carbocycles. The summed E-state index contributed by atoms with van der Waals surface area (Å²) < 4.78 is 25.7. The van der Waals surface area contributed by atoms with Crippen LogP contribution in [0.2, 0.25) is 0 Å². The van der Waals surface area contributed by atoms with Gasteiger partial charge in [-0.05, 0) is 86.4 Å². The minimum absolute atomic E-state index is 0.130. The van der Waals surface area contributed by atoms with Crippen molar-refractivity contribution in [2.75, 3.05) is 0 Å². The molecule has 6 heteroatoms. The van der Waals surface area contributed by atoms with Gasteiger partial charge in [0.1, 0.15) is 17.3 Å². The summed E-state index contributed by atoms with van der Waals surface area (Å²) in [7, 11) is 0. The zero-order valence-electron chi connectivity index (χ0n) is 20.6. The summed E-state index contributed by atoms with van der Waals surface area (Å²) in [6.45, 7) is 2.50. The number of fused-ring (bicyclic) bond motifs is 1. The van der Waals surface area contributed by atoms with Gasteiger partial charge in [-0.25, -0.2) is 13.8 Å². The second-order valence-electron chi connectivity index (χ2n) is 9.94. The Hall–Kier alpha value is -3.41. The SMILES string of the molecule is Cc1ccc2cc(C3CCCCC3)c(=O)n(Cc3ncccc3C3CC3)c2n1.Fc1cccc(F)c1. The molecule has 0 atom stereocenters. The van der Waals surface area contributed by atoms with E-state index in [9.17, 15) is 13.6 Å². The normalized spacial score (nSPS) is 16.0. The van der Waals surface area contributed by atoms with Crippen LogP contribution in [0.1, 0.15) is 79.3 Å². The van der Waals surface area contributed by atoms with Gasteiger partial charge >= 0.3 is 0 Å². The number of hydrogen-bond acceptors (Lipinski definition) is 3. The monoisotopic (exact) mass is 487 g/mol. The van der Waals surface area contributed by atoms with Crippen LogP contribution in [0.4, 0.5) is 8.78 Å². The van der Waals surface area contributed by atoms with Crippen LogP contribution >= 0.6 is 0 Å². The van der Waals surface area contributed by atoms with Crippen molar-refractivity contribution in [1.82, 2.24) is 14.5 Å². The van der Waals surface area contributed by atoms with Crippen LogP contribution in [-0.2, 0) is 6.54 Å². The maximum absolute atomic E-state index is 13.6. The predicted octanol–water partition coefficient (Wildman–Crippen LogP) is 7.04. The van der Waals surface area contributed by atoms with E-state index < -0.39 is 11.6 Å². The highest BCUT2D eigenvalue weighted by atomic mass is 19.1. The molecule has 3 heterocycles. The number of benzene rings is 1. The molecule has 0 unspecified atom stereocenters. The van der Waals surface area contributed by atoms with Gasteiger partial charge in [-0.2, -0.15) is 0 Å². The number of aryl methyl sites for hydroxylation is 1. The molecule has 0 saturated heterocycles. The second-order valence-corrected chi connectivity index (χ2v) is 9.94. The molecule has 36 heavy (non-hydrogen) atoms. The number of hydrogen-bond donors (Lipinski definition) is 0. The predicted molar refractivity (Wildman–Crippen MR) is 138 cm³/mol. The quantitative estimate of drug-likeness (QED) is 0.310. The first-order chi connectivity index (χ1) is 17.5. The Labute approximate surface area is 210 Å². The van der Waals surface area contributed by atoms with E-state index in [0.717, 1.165) is 46.9 Å². The number of aromatic nitrogens is 3. The van der Waals surface area contributed by atoms with E-state index in [1.54, 1.807) is 0 Å². The summed E-state index contributed by atoms with van der Waals surface area (Å²) in [4.78, 5) is 23.0. The van der Waals surface area contributed by atoms with Crippen molar-refractivity contribution in [2.45, 2.75) is 70.3 Å². The molecule has 0 radical (unpaired) electrons. The average Bonchev–Trinajstić information content (AvgIpc) is 3.72. The van der Waals surface area contributed by atoms with Gasteiger partial charge in [0.2, 0.25) is 0 Å². The molecule has 0 amide bonds. The average molecular weight is 488 g/mol. The summed E-state index contributed by atoms with van der Waals surface area (Å²) in [6.07, 6.45) is 10.3. The van der Waals surface area contributed by atoms with Crippen LogP contribution in [0.15, 0.2) is 65.6 Å². The zero-order valence-corrected chi connectivity index (χ0v) is 20.6. The third-order valence-corrected chi connectivity index (χ3v) is 7.19. The van der Waals surface area contributed by atoms with Gasteiger partial charge in [0.05, 0.1) is 12.2 Å². The number of pyridine rings is 3. The highest BCUT2D eigenvalue weighted by molar-refractivity contribution is 5.76. The molecule has 1 aromatic carbocycles. The lowest BCUT2D eigenvalue weighted by molar-refractivity contribution is 0.439. The smallest absolute Gasteiger partial charge is 0.256 e. The molecule has 3 aromatic heterocycles. The largest absolute Gasteiger partial charge is 0.286 e. The first kappa shape index (κ1) is 24.3. The Bertz CT molecular complexity index is 1400. The molecule has 2 saturated carbocycles. The van der Waals surface area contributed by atoms with Gasteiger partial charge in [-0.1, -0.05) is 31.4 Å². The van der Waals surface area contributed by atoms with E-state index in [2.05, 4.69) is 23.2 Å². The highest BCUT2D eigenvalue weighted by Crippen LogP contribution is 2.41. The van der Waals surface area contributed by atoms with E-state index in [0.29, 0.717) is 18.4 Å².